The van der Waals surface area contributed by atoms with Crippen LogP contribution in [0.15, 0.2) is 34.1 Å². The molecule has 0 spiro atoms. The van der Waals surface area contributed by atoms with Gasteiger partial charge in [0.2, 0.25) is 0 Å². The molecule has 2 rings (SSSR count). The molecule has 0 aliphatic carbocycles. The van der Waals surface area contributed by atoms with Crippen LogP contribution in [0.3, 0.4) is 0 Å². The van der Waals surface area contributed by atoms with Gasteiger partial charge in [0.25, 0.3) is 0 Å². The van der Waals surface area contributed by atoms with Gasteiger partial charge < -0.3 is 0 Å². The Kier molecular flexibility index (Phi) is 2.38. The van der Waals surface area contributed by atoms with Crippen LogP contribution in [0, 0.1) is 0 Å². The summed E-state index contributed by atoms with van der Waals surface area (Å²) >= 11 is 3.69. The Balaban J connectivity index is 2.42. The van der Waals surface area contributed by atoms with Gasteiger partial charge in [0.15, 0.2) is 0 Å². The van der Waals surface area contributed by atoms with Crippen LogP contribution in [-0.4, -0.2) is 10.5 Å². The van der Waals surface area contributed by atoms with Crippen molar-refractivity contribution in [3.05, 3.63) is 24.3 Å². The van der Waals surface area contributed by atoms with Gasteiger partial charge in [0.1, 0.15) is 0 Å². The molecule has 0 saturated heterocycles. The zero-order valence-electron chi connectivity index (χ0n) is 4.95. The number of hydrogen-bond acceptors (Lipinski definition) is 2. The van der Waals surface area contributed by atoms with Crippen LogP contribution in [0.4, 0.5) is 0 Å². The molecule has 0 nitrogen and oxygen atoms in total. The first-order valence-corrected chi connectivity index (χ1v) is 13.3. The van der Waals surface area contributed by atoms with E-state index in [-0.39, 0.29) is 0 Å². The molecule has 0 fully saturated rings. The van der Waals surface area contributed by atoms with Crippen molar-refractivity contribution < 1.29 is 0 Å². The maximum absolute atomic E-state index is 3.69. The number of hydrogen-bond donors (Lipinski definition) is 0. The van der Waals surface area contributed by atoms with Crippen molar-refractivity contribution >= 4 is 44.5 Å². The van der Waals surface area contributed by atoms with Crippen molar-refractivity contribution in [2.75, 3.05) is 0 Å². The zero-order chi connectivity index (χ0) is 6.97. The Morgan fingerprint density at radius 3 is 2.10 bits per heavy atom. The fraction of sp³-hybridized carbons (Fsp3) is 0. The Morgan fingerprint density at radius 2 is 1.60 bits per heavy atom. The Labute approximate surface area is 78.0 Å². The Bertz CT molecular complexity index is 228. The van der Waals surface area contributed by atoms with Gasteiger partial charge in [-0.3, -0.25) is 0 Å². The molecule has 0 radical (unpaired) electrons. The Morgan fingerprint density at radius 1 is 1.10 bits per heavy atom. The normalized spacial score (nSPS) is 17.3. The van der Waals surface area contributed by atoms with Crippen molar-refractivity contribution in [2.24, 2.45) is 0 Å². The van der Waals surface area contributed by atoms with Crippen molar-refractivity contribution in [3.63, 3.8) is 0 Å². The van der Waals surface area contributed by atoms with Crippen LogP contribution < -0.4 is 0 Å². The molecule has 0 amide bonds. The SMILES string of the molecule is Br[As]1Sc2ccccc2S1. The summed E-state index contributed by atoms with van der Waals surface area (Å²) in [7, 11) is 3.28. The van der Waals surface area contributed by atoms with Gasteiger partial charge in [0, 0.05) is 0 Å². The average molecular weight is 295 g/mol. The first kappa shape index (κ1) is 7.60. The van der Waals surface area contributed by atoms with Crippen molar-refractivity contribution in [1.29, 1.82) is 0 Å². The van der Waals surface area contributed by atoms with Gasteiger partial charge in [-0.05, 0) is 0 Å². The van der Waals surface area contributed by atoms with Crippen molar-refractivity contribution in [3.8, 4) is 0 Å². The number of fused-ring (bicyclic) bond motifs is 1. The second-order valence-electron chi connectivity index (χ2n) is 1.84. The van der Waals surface area contributed by atoms with E-state index in [1.54, 1.807) is 0 Å². The topological polar surface area (TPSA) is 0 Å². The number of halogens is 1. The molecule has 1 aromatic carbocycles. The molecule has 0 N–H and O–H groups in total. The molecule has 4 heteroatoms. The minimum absolute atomic E-state index is 0.752. The predicted molar refractivity (Wildman–Crippen MR) is 52.8 cm³/mol. The summed E-state index contributed by atoms with van der Waals surface area (Å²) in [6, 6.07) is 8.60. The summed E-state index contributed by atoms with van der Waals surface area (Å²) < 4.78 is 0. The fourth-order valence-electron chi connectivity index (χ4n) is 0.774. The predicted octanol–water partition coefficient (Wildman–Crippen LogP) is 3.26. The van der Waals surface area contributed by atoms with E-state index in [4.69, 9.17) is 0 Å². The van der Waals surface area contributed by atoms with E-state index in [9.17, 15) is 0 Å². The number of rotatable bonds is 0. The summed E-state index contributed by atoms with van der Waals surface area (Å²) in [5, 5.41) is 0. The van der Waals surface area contributed by atoms with Crippen LogP contribution in [0.25, 0.3) is 0 Å². The molecular formula is C6H4AsBrS2. The van der Waals surface area contributed by atoms with E-state index in [2.05, 4.69) is 38.2 Å². The molecule has 0 saturated carbocycles. The van der Waals surface area contributed by atoms with E-state index in [1.807, 2.05) is 20.0 Å². The quantitative estimate of drug-likeness (QED) is 0.674. The van der Waals surface area contributed by atoms with Gasteiger partial charge in [-0.2, -0.15) is 0 Å². The third-order valence-electron chi connectivity index (χ3n) is 1.19. The van der Waals surface area contributed by atoms with Gasteiger partial charge in [-0.1, -0.05) is 0 Å². The van der Waals surface area contributed by atoms with Crippen LogP contribution in [0.2, 0.25) is 0 Å². The second-order valence-corrected chi connectivity index (χ2v) is 19.8. The van der Waals surface area contributed by atoms with Crippen LogP contribution >= 0.6 is 34.0 Å². The first-order chi connectivity index (χ1) is 4.86. The van der Waals surface area contributed by atoms with E-state index in [0.717, 1.165) is 0 Å². The van der Waals surface area contributed by atoms with Gasteiger partial charge in [0.05, 0.1) is 0 Å². The monoisotopic (exact) mass is 294 g/mol. The summed E-state index contributed by atoms with van der Waals surface area (Å²) in [5.41, 5.74) is 0. The van der Waals surface area contributed by atoms with E-state index >= 15 is 0 Å². The molecule has 1 heterocycles. The standard InChI is InChI=1S/C6H4AsBrS2/c8-7-9-5-3-1-2-4-6(5)10-7/h1-4H. The summed E-state index contributed by atoms with van der Waals surface area (Å²) in [6.45, 7) is 0. The van der Waals surface area contributed by atoms with Gasteiger partial charge >= 0.3 is 78.5 Å². The van der Waals surface area contributed by atoms with Crippen LogP contribution in [-0.2, 0) is 0 Å². The molecule has 1 aliphatic heterocycles. The minimum atomic E-state index is -0.752. The molecule has 10 heavy (non-hydrogen) atoms. The van der Waals surface area contributed by atoms with E-state index in [0.29, 0.717) is 0 Å². The first-order valence-electron chi connectivity index (χ1n) is 2.77. The van der Waals surface area contributed by atoms with Crippen LogP contribution in [0.1, 0.15) is 0 Å². The fourth-order valence-corrected chi connectivity index (χ4v) is 14.9. The number of benzene rings is 1. The third kappa shape index (κ3) is 1.42. The maximum atomic E-state index is 3.69. The zero-order valence-corrected chi connectivity index (χ0v) is 10.0. The molecule has 1 aromatic rings. The van der Waals surface area contributed by atoms with Crippen molar-refractivity contribution in [2.45, 2.75) is 9.79 Å². The van der Waals surface area contributed by atoms with Gasteiger partial charge in [-0.15, -0.1) is 0 Å². The molecule has 52 valence electrons. The van der Waals surface area contributed by atoms with E-state index < -0.39 is 10.5 Å². The van der Waals surface area contributed by atoms with Crippen molar-refractivity contribution in [1.82, 2.24) is 0 Å². The molecular weight excluding hydrogens is 291 g/mol. The van der Waals surface area contributed by atoms with E-state index in [1.165, 1.54) is 9.79 Å². The molecule has 0 unspecified atom stereocenters. The summed E-state index contributed by atoms with van der Waals surface area (Å²) in [4.78, 5) is 2.92. The third-order valence-corrected chi connectivity index (χ3v) is 13.8. The van der Waals surface area contributed by atoms with Gasteiger partial charge in [-0.25, -0.2) is 0 Å². The summed E-state index contributed by atoms with van der Waals surface area (Å²) in [5.74, 6) is 0. The molecule has 0 bridgehead atoms. The second kappa shape index (κ2) is 3.14. The molecule has 0 atom stereocenters. The Hall–Kier alpha value is 0.958. The molecule has 0 aromatic heterocycles. The molecule has 1 aliphatic rings. The average Bonchev–Trinajstić information content (AvgIpc) is 2.27. The van der Waals surface area contributed by atoms with Crippen LogP contribution in [0.5, 0.6) is 0 Å². The summed E-state index contributed by atoms with van der Waals surface area (Å²) in [6.07, 6.45) is 0.